The maximum atomic E-state index is 12.7. The monoisotopic (exact) mass is 482 g/mol. The van der Waals surface area contributed by atoms with Crippen molar-refractivity contribution in [3.8, 4) is 5.75 Å². The number of hydrogen-bond acceptors (Lipinski definition) is 5. The van der Waals surface area contributed by atoms with Crippen molar-refractivity contribution in [3.05, 3.63) is 89.8 Å². The van der Waals surface area contributed by atoms with Gasteiger partial charge in [0.15, 0.2) is 0 Å². The molecule has 0 spiro atoms. The Morgan fingerprint density at radius 3 is 2.50 bits per heavy atom. The number of carbonyl (C=O) groups excluding carboxylic acids is 1. The lowest BCUT2D eigenvalue weighted by atomic mass is 9.84. The van der Waals surface area contributed by atoms with Crippen LogP contribution in [0.15, 0.2) is 78.6 Å². The third kappa shape index (κ3) is 4.42. The number of hydrogen-bond donors (Lipinski definition) is 1. The third-order valence-corrected chi connectivity index (χ3v) is 7.91. The van der Waals surface area contributed by atoms with Gasteiger partial charge in [-0.1, -0.05) is 55.0 Å². The molecule has 2 fully saturated rings. The number of nitrogens with zero attached hydrogens (tertiary/aromatic N) is 3. The Morgan fingerprint density at radius 1 is 1.00 bits per heavy atom. The first-order valence-electron chi connectivity index (χ1n) is 13.1. The van der Waals surface area contributed by atoms with Crippen molar-refractivity contribution in [2.75, 3.05) is 39.8 Å². The van der Waals surface area contributed by atoms with Gasteiger partial charge in [0, 0.05) is 50.4 Å². The van der Waals surface area contributed by atoms with E-state index in [2.05, 4.69) is 80.8 Å². The second-order valence-electron chi connectivity index (χ2n) is 10.1. The molecule has 0 radical (unpaired) electrons. The van der Waals surface area contributed by atoms with E-state index in [1.807, 2.05) is 12.1 Å². The van der Waals surface area contributed by atoms with Gasteiger partial charge < -0.3 is 19.9 Å². The number of ether oxygens (including phenoxy) is 1. The summed E-state index contributed by atoms with van der Waals surface area (Å²) in [5.74, 6) is 1.50. The molecule has 2 aromatic rings. The first-order chi connectivity index (χ1) is 17.7. The number of allylic oxidation sites excluding steroid dienone is 2. The second kappa shape index (κ2) is 9.86. The van der Waals surface area contributed by atoms with E-state index in [9.17, 15) is 4.79 Å². The molecule has 1 unspecified atom stereocenters. The predicted octanol–water partition coefficient (Wildman–Crippen LogP) is 4.15. The molecule has 6 nitrogen and oxygen atoms in total. The average molecular weight is 483 g/mol. The predicted molar refractivity (Wildman–Crippen MR) is 143 cm³/mol. The third-order valence-electron chi connectivity index (χ3n) is 7.91. The van der Waals surface area contributed by atoms with E-state index in [1.54, 1.807) is 7.11 Å². The van der Waals surface area contributed by atoms with Crippen LogP contribution >= 0.6 is 0 Å². The molecule has 6 rings (SSSR count). The highest BCUT2D eigenvalue weighted by Crippen LogP contribution is 2.35. The minimum absolute atomic E-state index is 0.0788. The number of fused-ring (bicyclic) bond motifs is 1. The van der Waals surface area contributed by atoms with Gasteiger partial charge >= 0.3 is 0 Å². The van der Waals surface area contributed by atoms with Crippen LogP contribution in [0.2, 0.25) is 0 Å². The number of rotatable bonds is 6. The molecule has 1 aliphatic carbocycles. The lowest BCUT2D eigenvalue weighted by Crippen LogP contribution is -2.51. The van der Waals surface area contributed by atoms with E-state index >= 15 is 0 Å². The largest absolute Gasteiger partial charge is 0.497 e. The Kier molecular flexibility index (Phi) is 6.28. The molecule has 3 heterocycles. The second-order valence-corrected chi connectivity index (χ2v) is 10.1. The fourth-order valence-corrected chi connectivity index (χ4v) is 5.53. The van der Waals surface area contributed by atoms with E-state index in [-0.39, 0.29) is 12.1 Å². The summed E-state index contributed by atoms with van der Waals surface area (Å²) in [5, 5.41) is 3.76. The fourth-order valence-electron chi connectivity index (χ4n) is 5.53. The van der Waals surface area contributed by atoms with Gasteiger partial charge in [-0.25, -0.2) is 0 Å². The molecular formula is C30H34N4O2. The smallest absolute Gasteiger partial charge is 0.225 e. The minimum atomic E-state index is 0.0788. The highest BCUT2D eigenvalue weighted by molar-refractivity contribution is 5.80. The van der Waals surface area contributed by atoms with Gasteiger partial charge in [-0.05, 0) is 42.2 Å². The van der Waals surface area contributed by atoms with Crippen molar-refractivity contribution in [1.82, 2.24) is 20.0 Å². The number of amides is 1. The highest BCUT2D eigenvalue weighted by Gasteiger charge is 2.35. The topological polar surface area (TPSA) is 48.1 Å². The maximum Gasteiger partial charge on any atom is 0.225 e. The zero-order chi connectivity index (χ0) is 24.5. The van der Waals surface area contributed by atoms with Crippen LogP contribution in [0.1, 0.15) is 30.4 Å². The normalized spacial score (nSPS) is 22.1. The van der Waals surface area contributed by atoms with Crippen LogP contribution in [0.3, 0.4) is 0 Å². The first-order valence-corrected chi connectivity index (χ1v) is 13.1. The molecule has 2 aromatic carbocycles. The Balaban J connectivity index is 1.27. The Hall–Kier alpha value is -3.51. The average Bonchev–Trinajstić information content (AvgIpc) is 3.26. The van der Waals surface area contributed by atoms with E-state index in [4.69, 9.17) is 4.74 Å². The van der Waals surface area contributed by atoms with Crippen LogP contribution in [-0.2, 0) is 4.79 Å². The molecule has 3 aliphatic heterocycles. The van der Waals surface area contributed by atoms with E-state index in [0.717, 1.165) is 62.6 Å². The van der Waals surface area contributed by atoms with Gasteiger partial charge in [0.05, 0.1) is 18.5 Å². The summed E-state index contributed by atoms with van der Waals surface area (Å²) in [7, 11) is 1.71. The lowest BCUT2D eigenvalue weighted by Gasteiger charge is -2.39. The van der Waals surface area contributed by atoms with Crippen LogP contribution < -0.4 is 10.1 Å². The summed E-state index contributed by atoms with van der Waals surface area (Å²) in [6.45, 7) is 4.26. The summed E-state index contributed by atoms with van der Waals surface area (Å²) in [6, 6.07) is 18.8. The summed E-state index contributed by atoms with van der Waals surface area (Å²) in [5.41, 5.74) is 5.94. The molecule has 6 heteroatoms. The van der Waals surface area contributed by atoms with Crippen LogP contribution in [0.5, 0.6) is 5.75 Å². The highest BCUT2D eigenvalue weighted by atomic mass is 16.5. The van der Waals surface area contributed by atoms with Gasteiger partial charge in [0.2, 0.25) is 5.91 Å². The van der Waals surface area contributed by atoms with Gasteiger partial charge in [0.1, 0.15) is 11.9 Å². The zero-order valence-corrected chi connectivity index (χ0v) is 20.9. The quantitative estimate of drug-likeness (QED) is 0.670. The number of methoxy groups -OCH3 is 1. The molecule has 4 aliphatic rings. The number of nitrogens with one attached hydrogen (secondary N) is 1. The molecule has 1 saturated heterocycles. The first kappa shape index (κ1) is 22.9. The van der Waals surface area contributed by atoms with Crippen molar-refractivity contribution in [1.29, 1.82) is 0 Å². The van der Waals surface area contributed by atoms with Crippen molar-refractivity contribution in [3.63, 3.8) is 0 Å². The number of carbonyl (C=O) groups is 1. The SMILES string of the molecule is COc1cccc(C2=C(CN3CCN(C(=O)C4CCC4)CC3)N3C=C(c4ccccc4)C=CC3N2)c1. The minimum Gasteiger partial charge on any atom is -0.497 e. The maximum absolute atomic E-state index is 12.7. The summed E-state index contributed by atoms with van der Waals surface area (Å²) in [6.07, 6.45) is 10.1. The van der Waals surface area contributed by atoms with Gasteiger partial charge in [-0.15, -0.1) is 0 Å². The van der Waals surface area contributed by atoms with Crippen molar-refractivity contribution in [2.24, 2.45) is 5.92 Å². The summed E-state index contributed by atoms with van der Waals surface area (Å²) in [4.78, 5) is 19.7. The van der Waals surface area contributed by atoms with Crippen molar-refractivity contribution in [2.45, 2.75) is 25.4 Å². The van der Waals surface area contributed by atoms with Gasteiger partial charge in [-0.3, -0.25) is 9.69 Å². The Morgan fingerprint density at radius 2 is 1.78 bits per heavy atom. The number of benzene rings is 2. The van der Waals surface area contributed by atoms with Gasteiger partial charge in [0.25, 0.3) is 0 Å². The Bertz CT molecular complexity index is 1210. The van der Waals surface area contributed by atoms with E-state index < -0.39 is 0 Å². The summed E-state index contributed by atoms with van der Waals surface area (Å²) < 4.78 is 5.52. The Labute approximate surface area is 213 Å². The van der Waals surface area contributed by atoms with Gasteiger partial charge in [-0.2, -0.15) is 0 Å². The van der Waals surface area contributed by atoms with Crippen LogP contribution in [-0.4, -0.2) is 66.6 Å². The number of piperazine rings is 1. The van der Waals surface area contributed by atoms with Crippen LogP contribution in [0.25, 0.3) is 11.3 Å². The molecule has 0 aromatic heterocycles. The molecule has 186 valence electrons. The molecule has 1 atom stereocenters. The molecule has 1 N–H and O–H groups in total. The van der Waals surface area contributed by atoms with E-state index in [0.29, 0.717) is 5.91 Å². The molecule has 0 bridgehead atoms. The van der Waals surface area contributed by atoms with Crippen LogP contribution in [0, 0.1) is 5.92 Å². The van der Waals surface area contributed by atoms with Crippen LogP contribution in [0.4, 0.5) is 0 Å². The van der Waals surface area contributed by atoms with E-state index in [1.165, 1.54) is 23.3 Å². The zero-order valence-electron chi connectivity index (χ0n) is 20.9. The standard InChI is InChI=1S/C30H34N4O2/c1-36-26-12-6-11-24(19-26)29-27(21-32-15-17-33(18-16-32)30(35)23-9-5-10-23)34-20-25(13-14-28(34)31-29)22-7-3-2-4-8-22/h2-4,6-8,11-14,19-20,23,28,31H,5,9-10,15-18,21H2,1H3. The fraction of sp³-hybridized carbons (Fsp3) is 0.367. The molecule has 1 saturated carbocycles. The van der Waals surface area contributed by atoms with Crippen molar-refractivity contribution >= 4 is 17.2 Å². The molecule has 1 amide bonds. The molecular weight excluding hydrogens is 448 g/mol. The lowest BCUT2D eigenvalue weighted by molar-refractivity contribution is -0.139. The van der Waals surface area contributed by atoms with Crippen molar-refractivity contribution < 1.29 is 9.53 Å². The molecule has 36 heavy (non-hydrogen) atoms. The summed E-state index contributed by atoms with van der Waals surface area (Å²) >= 11 is 0.